The molecule has 0 unspecified atom stereocenters. The Morgan fingerprint density at radius 3 is 2.61 bits per heavy atom. The van der Waals surface area contributed by atoms with Crippen molar-refractivity contribution in [3.63, 3.8) is 0 Å². The number of carboxylic acids is 1. The molecule has 2 aromatic carbocycles. The van der Waals surface area contributed by atoms with Crippen LogP contribution in [0.3, 0.4) is 0 Å². The number of aromatic nitrogens is 1. The first-order valence-electron chi connectivity index (χ1n) is 6.81. The number of carbonyl (C=O) groups is 1. The van der Waals surface area contributed by atoms with Gasteiger partial charge in [0, 0.05) is 22.8 Å². The van der Waals surface area contributed by atoms with E-state index < -0.39 is 5.97 Å². The van der Waals surface area contributed by atoms with Crippen molar-refractivity contribution in [1.29, 1.82) is 5.26 Å². The van der Waals surface area contributed by atoms with Gasteiger partial charge in [-0.25, -0.2) is 9.18 Å². The van der Waals surface area contributed by atoms with Crippen LogP contribution in [0.5, 0.6) is 0 Å². The van der Waals surface area contributed by atoms with Gasteiger partial charge in [0.05, 0.1) is 5.52 Å². The number of hydrogen-bond donors (Lipinski definition) is 1. The molecule has 5 heteroatoms. The van der Waals surface area contributed by atoms with Gasteiger partial charge in [0.1, 0.15) is 17.5 Å². The van der Waals surface area contributed by atoms with Gasteiger partial charge in [0.2, 0.25) is 0 Å². The van der Waals surface area contributed by atoms with E-state index in [4.69, 9.17) is 10.4 Å². The van der Waals surface area contributed by atoms with Crippen molar-refractivity contribution in [2.45, 2.75) is 0 Å². The predicted molar refractivity (Wildman–Crippen MR) is 84.5 cm³/mol. The lowest BCUT2D eigenvalue weighted by Gasteiger charge is -2.04. The number of nitrogens with zero attached hydrogens (tertiary/aromatic N) is 2. The molecule has 0 saturated carbocycles. The molecule has 0 spiro atoms. The lowest BCUT2D eigenvalue weighted by atomic mass is 10.1. The summed E-state index contributed by atoms with van der Waals surface area (Å²) < 4.78 is 15.4. The summed E-state index contributed by atoms with van der Waals surface area (Å²) in [6.45, 7) is 0. The summed E-state index contributed by atoms with van der Waals surface area (Å²) in [5, 5.41) is 18.6. The minimum Gasteiger partial charge on any atom is -0.477 e. The first-order valence-corrected chi connectivity index (χ1v) is 6.81. The zero-order valence-corrected chi connectivity index (χ0v) is 11.9. The first kappa shape index (κ1) is 14.5. The van der Waals surface area contributed by atoms with Crippen molar-refractivity contribution >= 4 is 22.9 Å². The molecule has 0 atom stereocenters. The molecule has 0 aliphatic carbocycles. The third kappa shape index (κ3) is 2.70. The fourth-order valence-electron chi connectivity index (χ4n) is 2.44. The Balaban J connectivity index is 2.29. The zero-order valence-electron chi connectivity index (χ0n) is 11.9. The highest BCUT2D eigenvalue weighted by molar-refractivity contribution is 6.00. The predicted octanol–water partition coefficient (Wildman–Crippen LogP) is 3.76. The average molecular weight is 306 g/mol. The third-order valence-electron chi connectivity index (χ3n) is 3.48. The quantitative estimate of drug-likeness (QED) is 0.592. The van der Waals surface area contributed by atoms with Crippen LogP contribution in [-0.2, 0) is 4.79 Å². The highest BCUT2D eigenvalue weighted by atomic mass is 19.1. The minimum atomic E-state index is -1.30. The van der Waals surface area contributed by atoms with Crippen molar-refractivity contribution < 1.29 is 14.3 Å². The van der Waals surface area contributed by atoms with Crippen molar-refractivity contribution in [3.8, 4) is 11.8 Å². The molecule has 1 N–H and O–H groups in total. The largest absolute Gasteiger partial charge is 0.477 e. The Bertz CT molecular complexity index is 966. The van der Waals surface area contributed by atoms with E-state index in [-0.39, 0.29) is 11.4 Å². The molecule has 0 radical (unpaired) electrons. The number of rotatable bonds is 3. The Kier molecular flexibility index (Phi) is 3.65. The fourth-order valence-corrected chi connectivity index (χ4v) is 2.44. The second-order valence-electron chi connectivity index (χ2n) is 4.93. The Hall–Kier alpha value is -3.39. The summed E-state index contributed by atoms with van der Waals surface area (Å²) in [5.41, 5.74) is 1.59. The number of carboxylic acid groups (broad SMARTS) is 1. The molecule has 4 nitrogen and oxygen atoms in total. The molecule has 0 saturated heterocycles. The van der Waals surface area contributed by atoms with E-state index in [2.05, 4.69) is 0 Å². The van der Waals surface area contributed by atoms with Crippen molar-refractivity contribution in [2.24, 2.45) is 0 Å². The Labute approximate surface area is 131 Å². The summed E-state index contributed by atoms with van der Waals surface area (Å²) in [4.78, 5) is 11.0. The van der Waals surface area contributed by atoms with E-state index in [0.29, 0.717) is 16.5 Å². The Morgan fingerprint density at radius 1 is 1.22 bits per heavy atom. The van der Waals surface area contributed by atoms with Crippen LogP contribution in [0, 0.1) is 17.1 Å². The molecular formula is C18H11FN2O2. The van der Waals surface area contributed by atoms with Crippen molar-refractivity contribution in [2.75, 3.05) is 0 Å². The van der Waals surface area contributed by atoms with E-state index in [9.17, 15) is 9.18 Å². The van der Waals surface area contributed by atoms with Gasteiger partial charge in [-0.15, -0.1) is 0 Å². The molecule has 0 fully saturated rings. The summed E-state index contributed by atoms with van der Waals surface area (Å²) >= 11 is 0. The Morgan fingerprint density at radius 2 is 1.96 bits per heavy atom. The molecule has 1 heterocycles. The topological polar surface area (TPSA) is 66.0 Å². The smallest absolute Gasteiger partial charge is 0.346 e. The lowest BCUT2D eigenvalue weighted by Crippen LogP contribution is -1.97. The van der Waals surface area contributed by atoms with Gasteiger partial charge in [-0.05, 0) is 36.4 Å². The van der Waals surface area contributed by atoms with Gasteiger partial charge in [-0.3, -0.25) is 0 Å². The summed E-state index contributed by atoms with van der Waals surface area (Å²) in [7, 11) is 0. The maximum Gasteiger partial charge on any atom is 0.346 e. The van der Waals surface area contributed by atoms with Crippen LogP contribution in [0.2, 0.25) is 0 Å². The molecule has 3 aromatic rings. The second kappa shape index (κ2) is 5.78. The molecular weight excluding hydrogens is 295 g/mol. The molecule has 3 rings (SSSR count). The summed E-state index contributed by atoms with van der Waals surface area (Å²) in [5.74, 6) is -1.68. The lowest BCUT2D eigenvalue weighted by molar-refractivity contribution is -0.132. The van der Waals surface area contributed by atoms with Crippen LogP contribution in [0.1, 0.15) is 5.56 Å². The molecule has 112 valence electrons. The number of nitriles is 1. The standard InChI is InChI=1S/C18H11FN2O2/c19-14-6-7-16-13(8-12(10-20)18(22)23)11-21(17(16)9-14)15-4-2-1-3-5-15/h1-9,11H,(H,22,23)/b12-8+. The van der Waals surface area contributed by atoms with E-state index in [1.807, 2.05) is 30.3 Å². The summed E-state index contributed by atoms with van der Waals surface area (Å²) in [6, 6.07) is 15.2. The highest BCUT2D eigenvalue weighted by Crippen LogP contribution is 2.27. The van der Waals surface area contributed by atoms with Crippen LogP contribution >= 0.6 is 0 Å². The highest BCUT2D eigenvalue weighted by Gasteiger charge is 2.12. The van der Waals surface area contributed by atoms with Crippen LogP contribution in [0.25, 0.3) is 22.7 Å². The van der Waals surface area contributed by atoms with Gasteiger partial charge >= 0.3 is 5.97 Å². The third-order valence-corrected chi connectivity index (χ3v) is 3.48. The van der Waals surface area contributed by atoms with Crippen LogP contribution < -0.4 is 0 Å². The number of hydrogen-bond acceptors (Lipinski definition) is 2. The number of halogens is 1. The van der Waals surface area contributed by atoms with E-state index in [0.717, 1.165) is 5.69 Å². The normalized spacial score (nSPS) is 11.4. The molecule has 0 aliphatic rings. The van der Waals surface area contributed by atoms with Crippen LogP contribution in [0.15, 0.2) is 60.3 Å². The van der Waals surface area contributed by atoms with E-state index in [1.165, 1.54) is 18.2 Å². The fraction of sp³-hybridized carbons (Fsp3) is 0. The summed E-state index contributed by atoms with van der Waals surface area (Å²) in [6.07, 6.45) is 2.99. The van der Waals surface area contributed by atoms with Crippen LogP contribution in [-0.4, -0.2) is 15.6 Å². The van der Waals surface area contributed by atoms with Gasteiger partial charge in [0.15, 0.2) is 0 Å². The maximum atomic E-state index is 13.6. The van der Waals surface area contributed by atoms with Crippen LogP contribution in [0.4, 0.5) is 4.39 Å². The molecule has 0 amide bonds. The van der Waals surface area contributed by atoms with E-state index in [1.54, 1.807) is 22.9 Å². The zero-order chi connectivity index (χ0) is 16.4. The molecule has 0 aliphatic heterocycles. The van der Waals surface area contributed by atoms with Crippen molar-refractivity contribution in [3.05, 3.63) is 71.7 Å². The second-order valence-corrected chi connectivity index (χ2v) is 4.93. The first-order chi connectivity index (χ1) is 11.1. The van der Waals surface area contributed by atoms with Gasteiger partial charge < -0.3 is 9.67 Å². The number of fused-ring (bicyclic) bond motifs is 1. The van der Waals surface area contributed by atoms with E-state index >= 15 is 0 Å². The molecule has 1 aromatic heterocycles. The number of para-hydroxylation sites is 1. The van der Waals surface area contributed by atoms with Gasteiger partial charge in [-0.1, -0.05) is 18.2 Å². The van der Waals surface area contributed by atoms with Gasteiger partial charge in [-0.2, -0.15) is 5.26 Å². The maximum absolute atomic E-state index is 13.6. The number of benzene rings is 2. The monoisotopic (exact) mass is 306 g/mol. The molecule has 23 heavy (non-hydrogen) atoms. The molecule has 0 bridgehead atoms. The minimum absolute atomic E-state index is 0.374. The van der Waals surface area contributed by atoms with Gasteiger partial charge in [0.25, 0.3) is 0 Å². The number of aliphatic carboxylic acids is 1. The average Bonchev–Trinajstić information content (AvgIpc) is 2.90. The van der Waals surface area contributed by atoms with Crippen molar-refractivity contribution in [1.82, 2.24) is 4.57 Å². The SMILES string of the molecule is N#C/C(=C\c1cn(-c2ccccc2)c2cc(F)ccc12)C(=O)O.